The van der Waals surface area contributed by atoms with Gasteiger partial charge in [0.25, 0.3) is 0 Å². The Morgan fingerprint density at radius 1 is 1.33 bits per heavy atom. The minimum Gasteiger partial charge on any atom is -0.396 e. The van der Waals surface area contributed by atoms with Crippen LogP contribution in [0.2, 0.25) is 0 Å². The molecule has 3 heteroatoms. The number of piperazine rings is 1. The maximum Gasteiger partial charge on any atom is 0.0451 e. The number of aliphatic hydroxyl groups is 1. The molecule has 0 spiro atoms. The topological polar surface area (TPSA) is 35.5 Å². The summed E-state index contributed by atoms with van der Waals surface area (Å²) in [4.78, 5) is 2.42. The highest BCUT2D eigenvalue weighted by molar-refractivity contribution is 5.49. The van der Waals surface area contributed by atoms with Gasteiger partial charge in [-0.2, -0.15) is 0 Å². The van der Waals surface area contributed by atoms with E-state index in [1.165, 1.54) is 11.3 Å². The summed E-state index contributed by atoms with van der Waals surface area (Å²) >= 11 is 0. The van der Waals surface area contributed by atoms with Crippen molar-refractivity contribution in [2.24, 2.45) is 0 Å². The molecule has 1 aliphatic heterocycles. The number of nitrogens with zero attached hydrogens (tertiary/aromatic N) is 1. The number of hydrogen-bond acceptors (Lipinski definition) is 3. The number of aryl methyl sites for hydroxylation is 1. The van der Waals surface area contributed by atoms with Crippen molar-refractivity contribution in [3.05, 3.63) is 29.8 Å². The Bertz CT molecular complexity index is 386. The summed E-state index contributed by atoms with van der Waals surface area (Å²) in [6, 6.07) is 9.05. The van der Waals surface area contributed by atoms with Crippen LogP contribution in [0, 0.1) is 6.92 Å². The van der Waals surface area contributed by atoms with E-state index in [4.69, 9.17) is 0 Å². The van der Waals surface area contributed by atoms with Crippen molar-refractivity contribution in [1.82, 2.24) is 5.32 Å². The van der Waals surface area contributed by atoms with E-state index >= 15 is 0 Å². The number of rotatable bonds is 3. The molecule has 3 nitrogen and oxygen atoms in total. The molecule has 0 aliphatic carbocycles. The van der Waals surface area contributed by atoms with Gasteiger partial charge in [0.2, 0.25) is 0 Å². The van der Waals surface area contributed by atoms with E-state index in [2.05, 4.69) is 55.3 Å². The van der Waals surface area contributed by atoms with Crippen molar-refractivity contribution in [3.63, 3.8) is 0 Å². The molecule has 0 aromatic heterocycles. The molecule has 1 heterocycles. The second-order valence-electron chi connectivity index (χ2n) is 5.89. The number of anilines is 1. The van der Waals surface area contributed by atoms with Crippen LogP contribution in [-0.2, 0) is 0 Å². The molecule has 2 rings (SSSR count). The minimum absolute atomic E-state index is 0.122. The van der Waals surface area contributed by atoms with E-state index < -0.39 is 0 Å². The van der Waals surface area contributed by atoms with Gasteiger partial charge in [0.1, 0.15) is 0 Å². The Morgan fingerprint density at radius 2 is 2.00 bits per heavy atom. The molecule has 0 bridgehead atoms. The zero-order valence-corrected chi connectivity index (χ0v) is 11.6. The molecule has 1 saturated heterocycles. The molecule has 1 aromatic carbocycles. The first-order valence-corrected chi connectivity index (χ1v) is 6.71. The van der Waals surface area contributed by atoms with Crippen molar-refractivity contribution >= 4 is 5.69 Å². The number of hydrogen-bond donors (Lipinski definition) is 2. The lowest BCUT2D eigenvalue weighted by Crippen LogP contribution is -2.62. The van der Waals surface area contributed by atoms with Crippen LogP contribution in [-0.4, -0.2) is 36.4 Å². The van der Waals surface area contributed by atoms with Crippen molar-refractivity contribution in [2.45, 2.75) is 38.8 Å². The SMILES string of the molecule is Cc1ccc(N2CC(C)(C)NCC2CCO)cc1. The molecule has 2 N–H and O–H groups in total. The Balaban J connectivity index is 2.21. The van der Waals surface area contributed by atoms with Gasteiger partial charge in [-0.3, -0.25) is 0 Å². The number of nitrogens with one attached hydrogen (secondary N) is 1. The van der Waals surface area contributed by atoms with Gasteiger partial charge < -0.3 is 15.3 Å². The van der Waals surface area contributed by atoms with E-state index in [-0.39, 0.29) is 12.1 Å². The normalized spacial score (nSPS) is 23.1. The standard InChI is InChI=1S/C15H24N2O/c1-12-4-6-13(7-5-12)17-11-15(2,3)16-10-14(17)8-9-18/h4-7,14,16,18H,8-11H2,1-3H3. The van der Waals surface area contributed by atoms with Crippen LogP contribution >= 0.6 is 0 Å². The van der Waals surface area contributed by atoms with Gasteiger partial charge in [-0.05, 0) is 39.3 Å². The predicted molar refractivity (Wildman–Crippen MR) is 76.1 cm³/mol. The van der Waals surface area contributed by atoms with Gasteiger partial charge in [-0.15, -0.1) is 0 Å². The van der Waals surface area contributed by atoms with E-state index in [1.54, 1.807) is 0 Å². The summed E-state index contributed by atoms with van der Waals surface area (Å²) in [5.74, 6) is 0. The quantitative estimate of drug-likeness (QED) is 0.858. The molecule has 18 heavy (non-hydrogen) atoms. The molecule has 1 atom stereocenters. The largest absolute Gasteiger partial charge is 0.396 e. The van der Waals surface area contributed by atoms with Crippen LogP contribution in [0.25, 0.3) is 0 Å². The van der Waals surface area contributed by atoms with Gasteiger partial charge >= 0.3 is 0 Å². The van der Waals surface area contributed by atoms with Gasteiger partial charge in [0, 0.05) is 37.0 Å². The first-order chi connectivity index (χ1) is 8.52. The minimum atomic E-state index is 0.122. The molecule has 0 amide bonds. The lowest BCUT2D eigenvalue weighted by atomic mass is 9.96. The monoisotopic (exact) mass is 248 g/mol. The van der Waals surface area contributed by atoms with Crippen molar-refractivity contribution in [2.75, 3.05) is 24.6 Å². The summed E-state index contributed by atoms with van der Waals surface area (Å²) in [5, 5.41) is 12.8. The maximum absolute atomic E-state index is 9.20. The Hall–Kier alpha value is -1.06. The fraction of sp³-hybridized carbons (Fsp3) is 0.600. The van der Waals surface area contributed by atoms with Crippen LogP contribution in [0.15, 0.2) is 24.3 Å². The van der Waals surface area contributed by atoms with Crippen LogP contribution in [0.3, 0.4) is 0 Å². The van der Waals surface area contributed by atoms with Crippen molar-refractivity contribution in [1.29, 1.82) is 0 Å². The van der Waals surface area contributed by atoms with Gasteiger partial charge in [0.15, 0.2) is 0 Å². The molecule has 1 fully saturated rings. The third kappa shape index (κ3) is 3.03. The summed E-state index contributed by atoms with van der Waals surface area (Å²) in [6.45, 7) is 8.71. The highest BCUT2D eigenvalue weighted by atomic mass is 16.3. The summed E-state index contributed by atoms with van der Waals surface area (Å²) < 4.78 is 0. The smallest absolute Gasteiger partial charge is 0.0451 e. The molecular weight excluding hydrogens is 224 g/mol. The lowest BCUT2D eigenvalue weighted by Gasteiger charge is -2.46. The summed E-state index contributed by atoms with van der Waals surface area (Å²) in [7, 11) is 0. The molecule has 100 valence electrons. The van der Waals surface area contributed by atoms with Crippen molar-refractivity contribution in [3.8, 4) is 0 Å². The average Bonchev–Trinajstić information content (AvgIpc) is 2.32. The molecule has 1 unspecified atom stereocenters. The van der Waals surface area contributed by atoms with Crippen LogP contribution in [0.1, 0.15) is 25.8 Å². The van der Waals surface area contributed by atoms with E-state index in [9.17, 15) is 5.11 Å². The Kier molecular flexibility index (Phi) is 3.93. The van der Waals surface area contributed by atoms with Gasteiger partial charge in [-0.1, -0.05) is 17.7 Å². The van der Waals surface area contributed by atoms with Crippen LogP contribution in [0.5, 0.6) is 0 Å². The number of benzene rings is 1. The molecule has 1 aliphatic rings. The third-order valence-electron chi connectivity index (χ3n) is 3.65. The second kappa shape index (κ2) is 5.29. The molecule has 0 radical (unpaired) electrons. The lowest BCUT2D eigenvalue weighted by molar-refractivity contribution is 0.241. The zero-order valence-electron chi connectivity index (χ0n) is 11.6. The Morgan fingerprint density at radius 3 is 2.61 bits per heavy atom. The molecule has 1 aromatic rings. The van der Waals surface area contributed by atoms with E-state index in [1.807, 2.05) is 0 Å². The Labute approximate surface area is 110 Å². The highest BCUT2D eigenvalue weighted by Crippen LogP contribution is 2.25. The fourth-order valence-corrected chi connectivity index (χ4v) is 2.56. The first-order valence-electron chi connectivity index (χ1n) is 6.71. The van der Waals surface area contributed by atoms with Gasteiger partial charge in [0.05, 0.1) is 0 Å². The highest BCUT2D eigenvalue weighted by Gasteiger charge is 2.32. The average molecular weight is 248 g/mol. The number of aliphatic hydroxyl groups excluding tert-OH is 1. The summed E-state index contributed by atoms with van der Waals surface area (Å²) in [6.07, 6.45) is 0.816. The third-order valence-corrected chi connectivity index (χ3v) is 3.65. The van der Waals surface area contributed by atoms with Crippen molar-refractivity contribution < 1.29 is 5.11 Å². The van der Waals surface area contributed by atoms with Gasteiger partial charge in [-0.25, -0.2) is 0 Å². The molecular formula is C15H24N2O. The summed E-state index contributed by atoms with van der Waals surface area (Å²) in [5.41, 5.74) is 2.66. The van der Waals surface area contributed by atoms with E-state index in [0.29, 0.717) is 6.04 Å². The van der Waals surface area contributed by atoms with Crippen LogP contribution < -0.4 is 10.2 Å². The van der Waals surface area contributed by atoms with E-state index in [0.717, 1.165) is 19.5 Å². The fourth-order valence-electron chi connectivity index (χ4n) is 2.56. The first kappa shape index (κ1) is 13.4. The molecule has 0 saturated carbocycles. The predicted octanol–water partition coefficient (Wildman–Crippen LogP) is 1.93. The second-order valence-corrected chi connectivity index (χ2v) is 5.89. The zero-order chi connectivity index (χ0) is 13.2. The maximum atomic E-state index is 9.20. The van der Waals surface area contributed by atoms with Crippen LogP contribution in [0.4, 0.5) is 5.69 Å².